The van der Waals surface area contributed by atoms with Gasteiger partial charge in [0.05, 0.1) is 22.9 Å². The number of carbonyl (C=O) groups is 1. The van der Waals surface area contributed by atoms with E-state index in [9.17, 15) is 4.79 Å². The van der Waals surface area contributed by atoms with E-state index < -0.39 is 5.91 Å². The van der Waals surface area contributed by atoms with Crippen LogP contribution in [-0.4, -0.2) is 20.9 Å². The van der Waals surface area contributed by atoms with Gasteiger partial charge in [0.2, 0.25) is 0 Å². The van der Waals surface area contributed by atoms with Gasteiger partial charge in [-0.1, -0.05) is 6.07 Å². The first kappa shape index (κ1) is 8.84. The number of aromatic nitrogens is 3. The Labute approximate surface area is 90.3 Å². The fourth-order valence-corrected chi connectivity index (χ4v) is 1.83. The molecule has 0 unspecified atom stereocenters. The Morgan fingerprint density at radius 2 is 2.19 bits per heavy atom. The highest BCUT2D eigenvalue weighted by atomic mass is 16.1. The summed E-state index contributed by atoms with van der Waals surface area (Å²) in [6, 6.07) is 5.41. The van der Waals surface area contributed by atoms with Crippen LogP contribution in [0.3, 0.4) is 0 Å². The molecule has 0 aliphatic rings. The summed E-state index contributed by atoms with van der Waals surface area (Å²) in [5.74, 6) is -0.483. The monoisotopic (exact) mass is 212 g/mol. The second-order valence-corrected chi connectivity index (χ2v) is 3.49. The quantitative estimate of drug-likeness (QED) is 0.635. The SMILES string of the molecule is NC(=O)c1cc2cccnc2c2[nH]cnc12. The Kier molecular flexibility index (Phi) is 1.67. The lowest BCUT2D eigenvalue weighted by atomic mass is 10.1. The predicted octanol–water partition coefficient (Wildman–Crippen LogP) is 1.21. The number of hydrogen-bond acceptors (Lipinski definition) is 3. The van der Waals surface area contributed by atoms with Gasteiger partial charge in [-0.3, -0.25) is 9.78 Å². The molecule has 5 heteroatoms. The number of fused-ring (bicyclic) bond motifs is 3. The molecule has 0 saturated carbocycles. The molecule has 3 rings (SSSR count). The van der Waals surface area contributed by atoms with Crippen molar-refractivity contribution in [1.29, 1.82) is 0 Å². The second-order valence-electron chi connectivity index (χ2n) is 3.49. The number of carbonyl (C=O) groups excluding carboxylic acids is 1. The zero-order valence-electron chi connectivity index (χ0n) is 8.27. The van der Waals surface area contributed by atoms with Gasteiger partial charge in [-0.05, 0) is 12.1 Å². The molecule has 0 fully saturated rings. The number of benzene rings is 1. The number of nitrogens with zero attached hydrogens (tertiary/aromatic N) is 2. The third-order valence-electron chi connectivity index (χ3n) is 2.54. The van der Waals surface area contributed by atoms with E-state index in [4.69, 9.17) is 5.73 Å². The molecule has 1 aromatic carbocycles. The number of nitrogens with two attached hydrogens (primary N) is 1. The Morgan fingerprint density at radius 3 is 3.00 bits per heavy atom. The highest BCUT2D eigenvalue weighted by Gasteiger charge is 2.12. The van der Waals surface area contributed by atoms with Crippen LogP contribution in [0.1, 0.15) is 10.4 Å². The fraction of sp³-hybridized carbons (Fsp3) is 0. The molecule has 78 valence electrons. The van der Waals surface area contributed by atoms with Crippen molar-refractivity contribution in [2.24, 2.45) is 5.73 Å². The van der Waals surface area contributed by atoms with E-state index in [2.05, 4.69) is 15.0 Å². The van der Waals surface area contributed by atoms with Crippen LogP contribution < -0.4 is 5.73 Å². The standard InChI is InChI=1S/C11H8N4O/c12-11(16)7-4-6-2-1-3-13-8(6)10-9(7)14-5-15-10/h1-5H,(H2,12,16)(H,14,15). The van der Waals surface area contributed by atoms with E-state index in [1.165, 1.54) is 6.33 Å². The van der Waals surface area contributed by atoms with Crippen molar-refractivity contribution in [2.45, 2.75) is 0 Å². The first-order chi connectivity index (χ1) is 7.77. The topological polar surface area (TPSA) is 84.7 Å². The maximum absolute atomic E-state index is 11.3. The number of imidazole rings is 1. The third kappa shape index (κ3) is 1.08. The molecule has 0 radical (unpaired) electrons. The zero-order valence-corrected chi connectivity index (χ0v) is 8.27. The predicted molar refractivity (Wildman–Crippen MR) is 59.9 cm³/mol. The minimum absolute atomic E-state index is 0.414. The number of hydrogen-bond donors (Lipinski definition) is 2. The zero-order chi connectivity index (χ0) is 11.1. The Morgan fingerprint density at radius 1 is 1.31 bits per heavy atom. The summed E-state index contributed by atoms with van der Waals surface area (Å²) in [6.45, 7) is 0. The van der Waals surface area contributed by atoms with Crippen molar-refractivity contribution in [3.05, 3.63) is 36.3 Å². The van der Waals surface area contributed by atoms with Gasteiger partial charge < -0.3 is 10.7 Å². The van der Waals surface area contributed by atoms with E-state index in [-0.39, 0.29) is 0 Å². The first-order valence-corrected chi connectivity index (χ1v) is 4.78. The summed E-state index contributed by atoms with van der Waals surface area (Å²) in [6.07, 6.45) is 3.23. The Hall–Kier alpha value is -2.43. The van der Waals surface area contributed by atoms with E-state index >= 15 is 0 Å². The first-order valence-electron chi connectivity index (χ1n) is 4.78. The summed E-state index contributed by atoms with van der Waals surface area (Å²) < 4.78 is 0. The fourth-order valence-electron chi connectivity index (χ4n) is 1.83. The summed E-state index contributed by atoms with van der Waals surface area (Å²) in [5, 5.41) is 0.869. The molecule has 2 heterocycles. The molecule has 0 bridgehead atoms. The Balaban J connectivity index is 2.58. The average molecular weight is 212 g/mol. The number of amides is 1. The van der Waals surface area contributed by atoms with Gasteiger partial charge in [-0.25, -0.2) is 4.98 Å². The van der Waals surface area contributed by atoms with Gasteiger partial charge in [-0.15, -0.1) is 0 Å². The van der Waals surface area contributed by atoms with Crippen LogP contribution in [0.2, 0.25) is 0 Å². The lowest BCUT2D eigenvalue weighted by Gasteiger charge is -2.01. The lowest BCUT2D eigenvalue weighted by molar-refractivity contribution is 0.100. The van der Waals surface area contributed by atoms with Gasteiger partial charge in [0, 0.05) is 11.6 Å². The smallest absolute Gasteiger partial charge is 0.250 e. The van der Waals surface area contributed by atoms with Crippen LogP contribution in [-0.2, 0) is 0 Å². The van der Waals surface area contributed by atoms with Crippen LogP contribution in [0.5, 0.6) is 0 Å². The van der Waals surface area contributed by atoms with Gasteiger partial charge in [0.15, 0.2) is 0 Å². The van der Waals surface area contributed by atoms with E-state index in [0.717, 1.165) is 16.4 Å². The summed E-state index contributed by atoms with van der Waals surface area (Å²) in [5.41, 5.74) is 7.83. The normalized spacial score (nSPS) is 11.0. The second kappa shape index (κ2) is 3.03. The highest BCUT2D eigenvalue weighted by Crippen LogP contribution is 2.23. The van der Waals surface area contributed by atoms with Crippen molar-refractivity contribution < 1.29 is 4.79 Å². The Bertz CT molecular complexity index is 701. The largest absolute Gasteiger partial charge is 0.366 e. The number of rotatable bonds is 1. The summed E-state index contributed by atoms with van der Waals surface area (Å²) >= 11 is 0. The molecule has 0 aliphatic heterocycles. The third-order valence-corrected chi connectivity index (χ3v) is 2.54. The number of nitrogens with one attached hydrogen (secondary N) is 1. The molecule has 0 saturated heterocycles. The van der Waals surface area contributed by atoms with Gasteiger partial charge in [0.1, 0.15) is 5.52 Å². The van der Waals surface area contributed by atoms with E-state index in [1.807, 2.05) is 12.1 Å². The number of primary amides is 1. The van der Waals surface area contributed by atoms with Crippen LogP contribution in [0.4, 0.5) is 0 Å². The maximum Gasteiger partial charge on any atom is 0.250 e. The molecule has 5 nitrogen and oxygen atoms in total. The molecule has 16 heavy (non-hydrogen) atoms. The van der Waals surface area contributed by atoms with Crippen LogP contribution in [0.15, 0.2) is 30.7 Å². The molecule has 1 amide bonds. The lowest BCUT2D eigenvalue weighted by Crippen LogP contribution is -2.11. The molecule has 3 aromatic rings. The van der Waals surface area contributed by atoms with Crippen molar-refractivity contribution >= 4 is 27.8 Å². The molecule has 0 atom stereocenters. The maximum atomic E-state index is 11.3. The summed E-state index contributed by atoms with van der Waals surface area (Å²) in [4.78, 5) is 22.6. The highest BCUT2D eigenvalue weighted by molar-refractivity contribution is 6.12. The van der Waals surface area contributed by atoms with E-state index in [0.29, 0.717) is 11.1 Å². The number of aromatic amines is 1. The van der Waals surface area contributed by atoms with Crippen LogP contribution >= 0.6 is 0 Å². The number of H-pyrrole nitrogens is 1. The minimum Gasteiger partial charge on any atom is -0.366 e. The van der Waals surface area contributed by atoms with Crippen LogP contribution in [0, 0.1) is 0 Å². The molecule has 0 aliphatic carbocycles. The van der Waals surface area contributed by atoms with Crippen LogP contribution in [0.25, 0.3) is 21.9 Å². The van der Waals surface area contributed by atoms with Gasteiger partial charge in [-0.2, -0.15) is 0 Å². The molecule has 3 N–H and O–H groups in total. The molecule has 2 aromatic heterocycles. The van der Waals surface area contributed by atoms with Crippen molar-refractivity contribution in [1.82, 2.24) is 15.0 Å². The van der Waals surface area contributed by atoms with Crippen molar-refractivity contribution in [3.8, 4) is 0 Å². The summed E-state index contributed by atoms with van der Waals surface area (Å²) in [7, 11) is 0. The average Bonchev–Trinajstić information content (AvgIpc) is 2.76. The molecular weight excluding hydrogens is 204 g/mol. The molecule has 0 spiro atoms. The molecular formula is C11H8N4O. The van der Waals surface area contributed by atoms with Crippen molar-refractivity contribution in [3.63, 3.8) is 0 Å². The minimum atomic E-state index is -0.483. The van der Waals surface area contributed by atoms with Crippen molar-refractivity contribution in [2.75, 3.05) is 0 Å². The van der Waals surface area contributed by atoms with Gasteiger partial charge >= 0.3 is 0 Å². The van der Waals surface area contributed by atoms with E-state index in [1.54, 1.807) is 12.3 Å². The number of pyridine rings is 1. The van der Waals surface area contributed by atoms with Gasteiger partial charge in [0.25, 0.3) is 5.91 Å².